The third-order valence-electron chi connectivity index (χ3n) is 6.62. The van der Waals surface area contributed by atoms with E-state index < -0.39 is 12.0 Å². The molecule has 0 aliphatic heterocycles. The molecule has 5 aromatic rings. The van der Waals surface area contributed by atoms with E-state index >= 15 is 0 Å². The molecule has 3 aromatic carbocycles. The van der Waals surface area contributed by atoms with Crippen LogP contribution in [0.3, 0.4) is 0 Å². The minimum Gasteiger partial charge on any atom is -0.463 e. The molecule has 2 heterocycles. The molecule has 1 amide bonds. The van der Waals surface area contributed by atoms with Crippen LogP contribution in [0.2, 0.25) is 5.02 Å². The average molecular weight is 610 g/mol. The number of carbonyl (C=O) groups is 2. The molecule has 0 saturated heterocycles. The topological polar surface area (TPSA) is 145 Å². The summed E-state index contributed by atoms with van der Waals surface area (Å²) >= 11 is 6.22. The second-order valence-electron chi connectivity index (χ2n) is 9.73. The minimum atomic E-state index is -0.485. The first-order valence-corrected chi connectivity index (χ1v) is 14.1. The maximum absolute atomic E-state index is 13.2. The summed E-state index contributed by atoms with van der Waals surface area (Å²) < 4.78 is 6.43. The van der Waals surface area contributed by atoms with E-state index in [0.29, 0.717) is 28.4 Å². The van der Waals surface area contributed by atoms with Crippen LogP contribution in [0.15, 0.2) is 97.5 Å². The first kappa shape index (κ1) is 30.2. The van der Waals surface area contributed by atoms with Gasteiger partial charge in [-0.05, 0) is 63.9 Å². The fraction of sp³-hybridized carbons (Fsp3) is 0.156. The first-order valence-electron chi connectivity index (χ1n) is 13.7. The van der Waals surface area contributed by atoms with Crippen molar-refractivity contribution in [3.8, 4) is 16.8 Å². The van der Waals surface area contributed by atoms with Gasteiger partial charge in [-0.15, -0.1) is 5.10 Å². The molecule has 44 heavy (non-hydrogen) atoms. The summed E-state index contributed by atoms with van der Waals surface area (Å²) in [6.45, 7) is -0.240. The van der Waals surface area contributed by atoms with Crippen molar-refractivity contribution >= 4 is 29.6 Å². The molecule has 222 valence electrons. The number of benzene rings is 3. The van der Waals surface area contributed by atoms with Crippen LogP contribution >= 0.6 is 11.6 Å². The molecule has 0 saturated carbocycles. The zero-order valence-electron chi connectivity index (χ0n) is 23.5. The first-order chi connectivity index (χ1) is 21.5. The van der Waals surface area contributed by atoms with Crippen molar-refractivity contribution in [2.24, 2.45) is 0 Å². The highest BCUT2D eigenvalue weighted by Crippen LogP contribution is 2.24. The molecule has 0 aliphatic carbocycles. The van der Waals surface area contributed by atoms with Gasteiger partial charge in [-0.25, -0.2) is 0 Å². The van der Waals surface area contributed by atoms with E-state index in [-0.39, 0.29) is 25.5 Å². The molecule has 0 aliphatic rings. The van der Waals surface area contributed by atoms with E-state index in [1.807, 2.05) is 60.7 Å². The number of aromatic nitrogens is 6. The van der Waals surface area contributed by atoms with Crippen molar-refractivity contribution in [1.29, 1.82) is 0 Å². The normalized spacial score (nSPS) is 11.8. The molecule has 0 fully saturated rings. The summed E-state index contributed by atoms with van der Waals surface area (Å²) in [4.78, 5) is 25.1. The Morgan fingerprint density at radius 3 is 2.55 bits per heavy atom. The summed E-state index contributed by atoms with van der Waals surface area (Å²) in [5.41, 5.74) is 5.38. The van der Waals surface area contributed by atoms with Crippen LogP contribution in [0.25, 0.3) is 22.9 Å². The number of hydrogen-bond acceptors (Lipinski definition) is 9. The highest BCUT2D eigenvalue weighted by atomic mass is 35.5. The fourth-order valence-corrected chi connectivity index (χ4v) is 4.69. The lowest BCUT2D eigenvalue weighted by atomic mass is 9.99. The predicted molar refractivity (Wildman–Crippen MR) is 163 cm³/mol. The van der Waals surface area contributed by atoms with Gasteiger partial charge in [0, 0.05) is 22.2 Å². The van der Waals surface area contributed by atoms with Crippen LogP contribution in [0, 0.1) is 0 Å². The highest BCUT2D eigenvalue weighted by molar-refractivity contribution is 6.30. The molecule has 0 spiro atoms. The van der Waals surface area contributed by atoms with Crippen molar-refractivity contribution in [2.75, 3.05) is 13.2 Å². The summed E-state index contributed by atoms with van der Waals surface area (Å²) in [6, 6.07) is 23.9. The fourth-order valence-electron chi connectivity index (χ4n) is 4.51. The second kappa shape index (κ2) is 14.8. The number of nitrogens with zero attached hydrogens (tertiary/aromatic N) is 6. The van der Waals surface area contributed by atoms with Gasteiger partial charge >= 0.3 is 5.97 Å². The molecule has 11 nitrogen and oxygen atoms in total. The van der Waals surface area contributed by atoms with Gasteiger partial charge in [0.25, 0.3) is 0 Å². The lowest BCUT2D eigenvalue weighted by Gasteiger charge is -2.18. The number of ether oxygens (including phenoxy) is 1. The highest BCUT2D eigenvalue weighted by Gasteiger charge is 2.18. The third kappa shape index (κ3) is 8.18. The number of amides is 1. The summed E-state index contributed by atoms with van der Waals surface area (Å²) in [6.07, 6.45) is 6.78. The van der Waals surface area contributed by atoms with Gasteiger partial charge in [-0.1, -0.05) is 66.2 Å². The molecular weight excluding hydrogens is 582 g/mol. The Bertz CT molecular complexity index is 1730. The van der Waals surface area contributed by atoms with E-state index in [2.05, 4.69) is 31.0 Å². The Kier molecular flexibility index (Phi) is 10.1. The van der Waals surface area contributed by atoms with E-state index in [9.17, 15) is 9.59 Å². The van der Waals surface area contributed by atoms with Crippen LogP contribution < -0.4 is 5.32 Å². The SMILES string of the molecule is O=C(/C=C/c1cc(Cl)ccc1-n1cnnn1)N[C@@H](Cc1ccccc1)c1cc(-c2ccc(CC(=O)OCCO)cc2)cnn1. The number of carbonyl (C=O) groups excluding carboxylic acids is 2. The molecule has 0 radical (unpaired) electrons. The summed E-state index contributed by atoms with van der Waals surface area (Å²) in [7, 11) is 0. The van der Waals surface area contributed by atoms with Gasteiger partial charge in [0.05, 0.1) is 36.6 Å². The number of hydrogen-bond donors (Lipinski definition) is 2. The van der Waals surface area contributed by atoms with Gasteiger partial charge in [0.1, 0.15) is 12.9 Å². The Labute approximate surface area is 258 Å². The molecule has 12 heteroatoms. The largest absolute Gasteiger partial charge is 0.463 e. The number of nitrogens with one attached hydrogen (secondary N) is 1. The zero-order chi connectivity index (χ0) is 30.7. The van der Waals surface area contributed by atoms with E-state index in [0.717, 1.165) is 22.3 Å². The molecule has 2 aromatic heterocycles. The maximum atomic E-state index is 13.2. The van der Waals surface area contributed by atoms with Gasteiger partial charge in [0.15, 0.2) is 0 Å². The molecule has 2 N–H and O–H groups in total. The summed E-state index contributed by atoms with van der Waals surface area (Å²) in [5, 5.41) is 32.3. The van der Waals surface area contributed by atoms with Crippen molar-refractivity contribution in [2.45, 2.75) is 18.9 Å². The number of rotatable bonds is 12. The van der Waals surface area contributed by atoms with Gasteiger partial charge < -0.3 is 15.2 Å². The molecule has 0 bridgehead atoms. The van der Waals surface area contributed by atoms with Crippen LogP contribution in [0.4, 0.5) is 0 Å². The monoisotopic (exact) mass is 609 g/mol. The quantitative estimate of drug-likeness (QED) is 0.158. The van der Waals surface area contributed by atoms with E-state index in [4.69, 9.17) is 21.4 Å². The van der Waals surface area contributed by atoms with Crippen LogP contribution in [-0.4, -0.2) is 60.6 Å². The Morgan fingerprint density at radius 2 is 1.80 bits per heavy atom. The number of esters is 1. The Balaban J connectivity index is 1.36. The average Bonchev–Trinajstić information content (AvgIpc) is 3.58. The smallest absolute Gasteiger partial charge is 0.310 e. The number of tetrazole rings is 1. The standard InChI is InChI=1S/C32H28ClN7O4/c33-27-11-12-30(40-21-35-38-39-40)25(18-27)10-13-31(42)36-28(16-22-4-2-1-3-5-22)29-19-26(20-34-37-29)24-8-6-23(7-9-24)17-32(43)44-15-14-41/h1-13,18-21,28,41H,14-17H2,(H,36,42)/b13-10+/t28-/m0/s1. The third-order valence-corrected chi connectivity index (χ3v) is 6.85. The maximum Gasteiger partial charge on any atom is 0.310 e. The predicted octanol–water partition coefficient (Wildman–Crippen LogP) is 3.96. The second-order valence-corrected chi connectivity index (χ2v) is 10.2. The van der Waals surface area contributed by atoms with Crippen LogP contribution in [-0.2, 0) is 27.2 Å². The zero-order valence-corrected chi connectivity index (χ0v) is 24.2. The Morgan fingerprint density at radius 1 is 0.977 bits per heavy atom. The van der Waals surface area contributed by atoms with Crippen molar-refractivity contribution in [3.63, 3.8) is 0 Å². The Hall–Kier alpha value is -5.26. The molecule has 5 rings (SSSR count). The number of halogens is 1. The number of aliphatic hydroxyl groups excluding tert-OH is 1. The minimum absolute atomic E-state index is 0.0266. The molecule has 0 unspecified atom stereocenters. The number of aliphatic hydroxyl groups is 1. The van der Waals surface area contributed by atoms with Crippen LogP contribution in [0.5, 0.6) is 0 Å². The van der Waals surface area contributed by atoms with Crippen molar-refractivity contribution in [3.05, 3.63) is 125 Å². The lowest BCUT2D eigenvalue weighted by molar-refractivity contribution is -0.143. The van der Waals surface area contributed by atoms with Crippen molar-refractivity contribution in [1.82, 2.24) is 35.7 Å². The van der Waals surface area contributed by atoms with Crippen LogP contribution in [0.1, 0.15) is 28.4 Å². The molecular formula is C32H28ClN7O4. The van der Waals surface area contributed by atoms with Gasteiger partial charge in [-0.3, -0.25) is 9.59 Å². The van der Waals surface area contributed by atoms with Gasteiger partial charge in [0.2, 0.25) is 5.91 Å². The van der Waals surface area contributed by atoms with Gasteiger partial charge in [-0.2, -0.15) is 14.9 Å². The van der Waals surface area contributed by atoms with E-state index in [1.165, 1.54) is 17.1 Å². The lowest BCUT2D eigenvalue weighted by Crippen LogP contribution is -2.29. The van der Waals surface area contributed by atoms with Crippen molar-refractivity contribution < 1.29 is 19.4 Å². The molecule has 1 atom stereocenters. The van der Waals surface area contributed by atoms with E-state index in [1.54, 1.807) is 30.5 Å². The summed E-state index contributed by atoms with van der Waals surface area (Å²) in [5.74, 6) is -0.742.